The Morgan fingerprint density at radius 1 is 1.19 bits per heavy atom. The fourth-order valence-electron chi connectivity index (χ4n) is 2.65. The van der Waals surface area contributed by atoms with Crippen LogP contribution in [0.3, 0.4) is 0 Å². The normalized spacial score (nSPS) is 10.9. The molecule has 2 aromatic heterocycles. The van der Waals surface area contributed by atoms with Gasteiger partial charge in [0, 0.05) is 16.3 Å². The number of nitrogens with one attached hydrogen (secondary N) is 2. The van der Waals surface area contributed by atoms with Crippen molar-refractivity contribution >= 4 is 28.1 Å². The lowest BCUT2D eigenvalue weighted by Gasteiger charge is -2.06. The van der Waals surface area contributed by atoms with E-state index in [4.69, 9.17) is 4.74 Å². The quantitative estimate of drug-likeness (QED) is 0.491. The maximum absolute atomic E-state index is 12.8. The number of benzene rings is 2. The van der Waals surface area contributed by atoms with E-state index >= 15 is 0 Å². The Bertz CT molecular complexity index is 1040. The number of ether oxygens (including phenoxy) is 1. The van der Waals surface area contributed by atoms with Crippen LogP contribution in [0.1, 0.15) is 10.5 Å². The van der Waals surface area contributed by atoms with E-state index in [2.05, 4.69) is 15.3 Å². The lowest BCUT2D eigenvalue weighted by Crippen LogP contribution is -2.28. The van der Waals surface area contributed by atoms with E-state index in [0.717, 1.165) is 21.6 Å². The summed E-state index contributed by atoms with van der Waals surface area (Å²) in [4.78, 5) is 20.0. The summed E-state index contributed by atoms with van der Waals surface area (Å²) in [6.45, 7) is 0.617. The summed E-state index contributed by atoms with van der Waals surface area (Å²) in [7, 11) is 0. The molecule has 1 amide bonds. The van der Waals surface area contributed by atoms with E-state index in [-0.39, 0.29) is 18.3 Å². The van der Waals surface area contributed by atoms with Gasteiger partial charge < -0.3 is 15.0 Å². The molecular weight excluding hydrogens is 365 g/mol. The minimum absolute atomic E-state index is 0.253. The maximum Gasteiger partial charge on any atom is 0.270 e. The average molecular weight is 381 g/mol. The van der Waals surface area contributed by atoms with Gasteiger partial charge in [-0.3, -0.25) is 4.79 Å². The number of aromatic amines is 1. The smallest absolute Gasteiger partial charge is 0.270 e. The first kappa shape index (κ1) is 17.2. The molecule has 0 aliphatic heterocycles. The van der Waals surface area contributed by atoms with Gasteiger partial charge in [-0.2, -0.15) is 0 Å². The van der Waals surface area contributed by atoms with E-state index in [9.17, 15) is 9.18 Å². The van der Waals surface area contributed by atoms with Crippen molar-refractivity contribution < 1.29 is 13.9 Å². The molecule has 2 aromatic carbocycles. The minimum atomic E-state index is -0.315. The van der Waals surface area contributed by atoms with Crippen molar-refractivity contribution in [3.63, 3.8) is 0 Å². The first-order valence-corrected chi connectivity index (χ1v) is 9.27. The van der Waals surface area contributed by atoms with Crippen molar-refractivity contribution in [2.45, 2.75) is 0 Å². The van der Waals surface area contributed by atoms with Crippen molar-refractivity contribution in [3.05, 3.63) is 71.5 Å². The minimum Gasteiger partial charge on any atom is -0.492 e. The number of thiazole rings is 1. The van der Waals surface area contributed by atoms with Crippen LogP contribution in [0, 0.1) is 5.82 Å². The molecule has 136 valence electrons. The topological polar surface area (TPSA) is 67.0 Å². The van der Waals surface area contributed by atoms with Crippen LogP contribution in [0.5, 0.6) is 5.75 Å². The van der Waals surface area contributed by atoms with Gasteiger partial charge in [-0.15, -0.1) is 11.3 Å². The molecule has 0 fully saturated rings. The molecule has 4 aromatic rings. The lowest BCUT2D eigenvalue weighted by atomic mass is 10.2. The Labute approximate surface area is 158 Å². The fourth-order valence-corrected chi connectivity index (χ4v) is 3.42. The number of para-hydroxylation sites is 1. The van der Waals surface area contributed by atoms with Crippen molar-refractivity contribution in [1.29, 1.82) is 0 Å². The van der Waals surface area contributed by atoms with Gasteiger partial charge >= 0.3 is 0 Å². The van der Waals surface area contributed by atoms with Gasteiger partial charge in [0.1, 0.15) is 28.9 Å². The summed E-state index contributed by atoms with van der Waals surface area (Å²) in [5.41, 5.74) is 2.29. The lowest BCUT2D eigenvalue weighted by molar-refractivity contribution is 0.0943. The second-order valence-electron chi connectivity index (χ2n) is 5.87. The molecule has 0 saturated carbocycles. The number of hydrogen-bond donors (Lipinski definition) is 2. The van der Waals surface area contributed by atoms with Gasteiger partial charge in [-0.1, -0.05) is 18.2 Å². The predicted octanol–water partition coefficient (Wildman–Crippen LogP) is 4.24. The first-order valence-electron chi connectivity index (χ1n) is 8.39. The van der Waals surface area contributed by atoms with E-state index < -0.39 is 0 Å². The summed E-state index contributed by atoms with van der Waals surface area (Å²) in [6.07, 6.45) is 0. The Balaban J connectivity index is 1.33. The van der Waals surface area contributed by atoms with Crippen LogP contribution < -0.4 is 10.1 Å². The van der Waals surface area contributed by atoms with Crippen LogP contribution in [-0.2, 0) is 0 Å². The van der Waals surface area contributed by atoms with Gasteiger partial charge in [-0.25, -0.2) is 9.37 Å². The van der Waals surface area contributed by atoms with Crippen molar-refractivity contribution in [2.75, 3.05) is 13.2 Å². The van der Waals surface area contributed by atoms with E-state index in [1.807, 2.05) is 30.3 Å². The number of amides is 1. The number of carbonyl (C=O) groups is 1. The number of H-pyrrole nitrogens is 1. The molecule has 0 atom stereocenters. The van der Waals surface area contributed by atoms with Crippen molar-refractivity contribution in [1.82, 2.24) is 15.3 Å². The number of nitrogens with zero attached hydrogens (tertiary/aromatic N) is 1. The number of aromatic nitrogens is 2. The highest BCUT2D eigenvalue weighted by atomic mass is 32.1. The third kappa shape index (κ3) is 3.98. The Hall–Kier alpha value is -3.19. The highest BCUT2D eigenvalue weighted by Gasteiger charge is 2.13. The molecule has 0 unspecified atom stereocenters. The Morgan fingerprint density at radius 2 is 2.00 bits per heavy atom. The molecule has 0 spiro atoms. The summed E-state index contributed by atoms with van der Waals surface area (Å²) in [6, 6.07) is 15.7. The van der Waals surface area contributed by atoms with Crippen LogP contribution in [-0.4, -0.2) is 29.0 Å². The number of hydrogen-bond acceptors (Lipinski definition) is 4. The number of rotatable bonds is 6. The molecule has 0 bridgehead atoms. The van der Waals surface area contributed by atoms with E-state index in [1.165, 1.54) is 23.5 Å². The molecule has 0 aliphatic carbocycles. The second-order valence-corrected chi connectivity index (χ2v) is 6.72. The number of carbonyl (C=O) groups excluding carboxylic acids is 1. The van der Waals surface area contributed by atoms with E-state index in [1.54, 1.807) is 17.5 Å². The highest BCUT2D eigenvalue weighted by Crippen LogP contribution is 2.26. The van der Waals surface area contributed by atoms with Gasteiger partial charge in [0.05, 0.1) is 12.2 Å². The van der Waals surface area contributed by atoms with Crippen LogP contribution in [0.25, 0.3) is 21.6 Å². The molecule has 4 rings (SSSR count). The third-order valence-electron chi connectivity index (χ3n) is 3.97. The molecule has 27 heavy (non-hydrogen) atoms. The first-order chi connectivity index (χ1) is 13.2. The molecule has 5 nitrogen and oxygen atoms in total. The standard InChI is InChI=1S/C20H16FN3O2S/c21-14-5-7-15(8-6-14)26-10-9-22-19(25)18-12-27-20(24-18)17-11-13-3-1-2-4-16(13)23-17/h1-8,11-12,23H,9-10H2,(H,22,25). The van der Waals surface area contributed by atoms with Crippen molar-refractivity contribution in [2.24, 2.45) is 0 Å². The molecule has 0 radical (unpaired) electrons. The van der Waals surface area contributed by atoms with Crippen LogP contribution >= 0.6 is 11.3 Å². The van der Waals surface area contributed by atoms with Crippen molar-refractivity contribution in [3.8, 4) is 16.5 Å². The zero-order chi connectivity index (χ0) is 18.6. The van der Waals surface area contributed by atoms with Crippen LogP contribution in [0.15, 0.2) is 60.0 Å². The van der Waals surface area contributed by atoms with Gasteiger partial charge in [-0.05, 0) is 36.4 Å². The fraction of sp³-hybridized carbons (Fsp3) is 0.100. The van der Waals surface area contributed by atoms with Crippen LogP contribution in [0.2, 0.25) is 0 Å². The zero-order valence-electron chi connectivity index (χ0n) is 14.2. The molecule has 7 heteroatoms. The largest absolute Gasteiger partial charge is 0.492 e. The molecule has 2 heterocycles. The van der Waals surface area contributed by atoms with Gasteiger partial charge in [0.2, 0.25) is 0 Å². The van der Waals surface area contributed by atoms with Crippen LogP contribution in [0.4, 0.5) is 4.39 Å². The summed E-state index contributed by atoms with van der Waals surface area (Å²) in [5, 5.41) is 6.37. The zero-order valence-corrected chi connectivity index (χ0v) is 15.1. The molecular formula is C20H16FN3O2S. The average Bonchev–Trinajstić information content (AvgIpc) is 3.33. The number of halogens is 1. The van der Waals surface area contributed by atoms with E-state index in [0.29, 0.717) is 18.0 Å². The molecule has 0 saturated heterocycles. The Kier molecular flexibility index (Phi) is 4.84. The predicted molar refractivity (Wildman–Crippen MR) is 104 cm³/mol. The molecule has 0 aliphatic rings. The summed E-state index contributed by atoms with van der Waals surface area (Å²) < 4.78 is 18.3. The third-order valence-corrected chi connectivity index (χ3v) is 4.84. The SMILES string of the molecule is O=C(NCCOc1ccc(F)cc1)c1csc(-c2cc3ccccc3[nH]2)n1. The Morgan fingerprint density at radius 3 is 2.81 bits per heavy atom. The monoisotopic (exact) mass is 381 g/mol. The summed E-state index contributed by atoms with van der Waals surface area (Å²) >= 11 is 1.41. The van der Waals surface area contributed by atoms with Gasteiger partial charge in [0.25, 0.3) is 5.91 Å². The maximum atomic E-state index is 12.8. The van der Waals surface area contributed by atoms with Gasteiger partial charge in [0.15, 0.2) is 0 Å². The second kappa shape index (κ2) is 7.59. The number of fused-ring (bicyclic) bond motifs is 1. The highest BCUT2D eigenvalue weighted by molar-refractivity contribution is 7.13. The summed E-state index contributed by atoms with van der Waals surface area (Å²) in [5.74, 6) is -0.0123. The molecule has 2 N–H and O–H groups in total.